The van der Waals surface area contributed by atoms with Crippen molar-refractivity contribution >= 4 is 38.4 Å². The predicted molar refractivity (Wildman–Crippen MR) is 130 cm³/mol. The lowest BCUT2D eigenvalue weighted by molar-refractivity contribution is -0.158. The number of sulfonamides is 1. The lowest BCUT2D eigenvalue weighted by atomic mass is 9.87. The molecule has 190 valence electrons. The Bertz CT molecular complexity index is 1480. The van der Waals surface area contributed by atoms with Gasteiger partial charge in [0.2, 0.25) is 10.0 Å². The number of nitrogens with zero attached hydrogens (tertiary/aromatic N) is 4. The minimum Gasteiger partial charge on any atom is -0.479 e. The van der Waals surface area contributed by atoms with Gasteiger partial charge in [0, 0.05) is 25.5 Å². The van der Waals surface area contributed by atoms with E-state index in [0.717, 1.165) is 0 Å². The van der Waals surface area contributed by atoms with Gasteiger partial charge in [0.15, 0.2) is 11.9 Å². The fraction of sp³-hybridized carbons (Fsp3) is 0.391. The van der Waals surface area contributed by atoms with Crippen molar-refractivity contribution in [3.8, 4) is 6.07 Å². The second-order valence-electron chi connectivity index (χ2n) is 8.63. The lowest BCUT2D eigenvalue weighted by Crippen LogP contribution is -2.46. The molecule has 2 unspecified atom stereocenters. The van der Waals surface area contributed by atoms with Crippen molar-refractivity contribution in [1.82, 2.24) is 19.1 Å². The molecule has 36 heavy (non-hydrogen) atoms. The smallest absolute Gasteiger partial charge is 0.332 e. The molecule has 1 aliphatic heterocycles. The lowest BCUT2D eigenvalue weighted by Gasteiger charge is -2.38. The molecule has 2 aromatic heterocycles. The average molecular weight is 515 g/mol. The number of hydrogen-bond acceptors (Lipinski definition) is 8. The Morgan fingerprint density at radius 3 is 2.69 bits per heavy atom. The van der Waals surface area contributed by atoms with Gasteiger partial charge in [-0.3, -0.25) is 9.48 Å². The molecular formula is C23H26N6O6S. The van der Waals surface area contributed by atoms with E-state index in [4.69, 9.17) is 4.74 Å². The molecule has 1 aliphatic rings. The van der Waals surface area contributed by atoms with E-state index in [1.54, 1.807) is 29.8 Å². The number of aromatic amines is 1. The van der Waals surface area contributed by atoms with E-state index in [0.29, 0.717) is 24.2 Å². The summed E-state index contributed by atoms with van der Waals surface area (Å²) in [6.07, 6.45) is 1.01. The van der Waals surface area contributed by atoms with Gasteiger partial charge < -0.3 is 20.1 Å². The molecule has 12 nitrogen and oxygen atoms in total. The van der Waals surface area contributed by atoms with Crippen LogP contribution in [-0.2, 0) is 25.1 Å². The Balaban J connectivity index is 1.74. The number of nitrogens with one attached hydrogen (secondary N) is 2. The van der Waals surface area contributed by atoms with E-state index in [9.17, 15) is 28.4 Å². The number of fused-ring (bicyclic) bond motifs is 1. The molecule has 0 bridgehead atoms. The highest BCUT2D eigenvalue weighted by molar-refractivity contribution is 7.89. The van der Waals surface area contributed by atoms with Gasteiger partial charge in [-0.25, -0.2) is 17.5 Å². The van der Waals surface area contributed by atoms with Gasteiger partial charge in [0.25, 0.3) is 5.56 Å². The Kier molecular flexibility index (Phi) is 6.85. The molecule has 1 aromatic carbocycles. The first-order chi connectivity index (χ1) is 17.1. The van der Waals surface area contributed by atoms with Gasteiger partial charge in [-0.1, -0.05) is 6.92 Å². The highest BCUT2D eigenvalue weighted by Crippen LogP contribution is 2.37. The maximum atomic E-state index is 12.8. The molecule has 0 saturated carbocycles. The Morgan fingerprint density at radius 2 is 2.11 bits per heavy atom. The van der Waals surface area contributed by atoms with Gasteiger partial charge in [0.1, 0.15) is 5.39 Å². The van der Waals surface area contributed by atoms with Crippen LogP contribution in [0.3, 0.4) is 0 Å². The first-order valence-electron chi connectivity index (χ1n) is 11.3. The topological polar surface area (TPSA) is 170 Å². The molecular weight excluding hydrogens is 488 g/mol. The van der Waals surface area contributed by atoms with Gasteiger partial charge in [-0.2, -0.15) is 10.4 Å². The van der Waals surface area contributed by atoms with Crippen LogP contribution in [0.25, 0.3) is 10.9 Å². The number of aliphatic carboxylic acids is 1. The van der Waals surface area contributed by atoms with Crippen molar-refractivity contribution in [3.63, 3.8) is 0 Å². The van der Waals surface area contributed by atoms with Crippen molar-refractivity contribution in [2.45, 2.75) is 42.7 Å². The summed E-state index contributed by atoms with van der Waals surface area (Å²) in [5.74, 6) is -0.855. The molecule has 3 N–H and O–H groups in total. The largest absolute Gasteiger partial charge is 0.479 e. The average Bonchev–Trinajstić information content (AvgIpc) is 3.24. The van der Waals surface area contributed by atoms with Crippen LogP contribution in [0.1, 0.15) is 26.2 Å². The van der Waals surface area contributed by atoms with Crippen molar-refractivity contribution < 1.29 is 23.1 Å². The van der Waals surface area contributed by atoms with E-state index in [2.05, 4.69) is 21.5 Å². The fourth-order valence-corrected chi connectivity index (χ4v) is 5.44. The summed E-state index contributed by atoms with van der Waals surface area (Å²) < 4.78 is 33.5. The molecule has 0 spiro atoms. The number of carboxylic acids is 1. The second kappa shape index (κ2) is 9.73. The van der Waals surface area contributed by atoms with Crippen LogP contribution in [0.2, 0.25) is 0 Å². The number of pyridine rings is 1. The van der Waals surface area contributed by atoms with E-state index >= 15 is 0 Å². The van der Waals surface area contributed by atoms with Crippen LogP contribution in [0.4, 0.5) is 11.5 Å². The summed E-state index contributed by atoms with van der Waals surface area (Å²) >= 11 is 0. The number of anilines is 2. The molecule has 3 aromatic rings. The third-order valence-corrected chi connectivity index (χ3v) is 8.38. The molecule has 0 amide bonds. The predicted octanol–water partition coefficient (Wildman–Crippen LogP) is 1.98. The zero-order valence-corrected chi connectivity index (χ0v) is 20.6. The minimum atomic E-state index is -3.61. The van der Waals surface area contributed by atoms with Gasteiger partial charge in [-0.15, -0.1) is 0 Å². The van der Waals surface area contributed by atoms with Crippen molar-refractivity contribution in [2.75, 3.05) is 25.5 Å². The molecule has 1 saturated heterocycles. The van der Waals surface area contributed by atoms with E-state index in [1.807, 2.05) is 0 Å². The van der Waals surface area contributed by atoms with Crippen LogP contribution in [0.15, 0.2) is 46.2 Å². The number of H-pyrrole nitrogens is 1. The molecule has 0 aliphatic carbocycles. The van der Waals surface area contributed by atoms with E-state index in [1.165, 1.54) is 29.7 Å². The van der Waals surface area contributed by atoms with Crippen LogP contribution in [-0.4, -0.2) is 64.9 Å². The zero-order valence-electron chi connectivity index (χ0n) is 19.8. The highest BCUT2D eigenvalue weighted by Gasteiger charge is 2.42. The summed E-state index contributed by atoms with van der Waals surface area (Å²) in [5, 5.41) is 26.8. The zero-order chi connectivity index (χ0) is 26.1. The first kappa shape index (κ1) is 25.4. The van der Waals surface area contributed by atoms with Crippen LogP contribution >= 0.6 is 0 Å². The number of aromatic nitrogens is 3. The number of benzene rings is 1. The summed E-state index contributed by atoms with van der Waals surface area (Å²) in [7, 11) is -2.11. The van der Waals surface area contributed by atoms with Crippen molar-refractivity contribution in [3.05, 3.63) is 46.9 Å². The molecule has 3 heterocycles. The molecule has 4 rings (SSSR count). The Hall–Kier alpha value is -3.73. The number of hydrogen-bond donors (Lipinski definition) is 3. The van der Waals surface area contributed by atoms with Crippen LogP contribution < -0.4 is 10.9 Å². The third-order valence-electron chi connectivity index (χ3n) is 6.43. The highest BCUT2D eigenvalue weighted by atomic mass is 32.2. The maximum Gasteiger partial charge on any atom is 0.332 e. The second-order valence-corrected chi connectivity index (χ2v) is 10.7. The number of carboxylic acid groups (broad SMARTS) is 1. The third kappa shape index (κ3) is 4.46. The summed E-state index contributed by atoms with van der Waals surface area (Å²) in [6, 6.07) is 9.87. The number of nitriles is 1. The molecule has 13 heteroatoms. The summed E-state index contributed by atoms with van der Waals surface area (Å²) in [5.41, 5.74) is -0.409. The number of carbonyl (C=O) groups is 1. The SMILES string of the molecule is CCN(C)S(=O)(=O)c1ccc(Nc2nn(C3(CC#N)CCC(C(=O)O)OC3)c3cc[nH]c(=O)c23)cc1. The molecule has 0 radical (unpaired) electrons. The van der Waals surface area contributed by atoms with Gasteiger partial charge in [-0.05, 0) is 43.2 Å². The minimum absolute atomic E-state index is 0.000138. The van der Waals surface area contributed by atoms with E-state index < -0.39 is 33.2 Å². The standard InChI is InChI=1S/C23H26N6O6S/c1-3-28(2)36(33,34)16-6-4-15(5-7-16)26-20-19-17(9-13-25-21(19)30)29(27-20)23(11-12-24)10-8-18(22(31)32)35-14-23/h4-7,9,13,18H,3,8,10-11,14H2,1-2H3,(H,25,30)(H,26,27)(H,31,32). The van der Waals surface area contributed by atoms with Gasteiger partial charge in [0.05, 0.1) is 35.0 Å². The van der Waals surface area contributed by atoms with Crippen LogP contribution in [0.5, 0.6) is 0 Å². The molecule has 2 atom stereocenters. The quantitative estimate of drug-likeness (QED) is 0.406. The maximum absolute atomic E-state index is 12.8. The Labute approximate surface area is 207 Å². The van der Waals surface area contributed by atoms with Crippen LogP contribution in [0, 0.1) is 11.3 Å². The van der Waals surface area contributed by atoms with E-state index in [-0.39, 0.29) is 35.5 Å². The fourth-order valence-electron chi connectivity index (χ4n) is 4.26. The molecule has 1 fully saturated rings. The summed E-state index contributed by atoms with van der Waals surface area (Å²) in [4.78, 5) is 26.9. The number of rotatable bonds is 8. The number of ether oxygens (including phenoxy) is 1. The summed E-state index contributed by atoms with van der Waals surface area (Å²) in [6.45, 7) is 2.01. The van der Waals surface area contributed by atoms with Crippen molar-refractivity contribution in [1.29, 1.82) is 5.26 Å². The monoisotopic (exact) mass is 514 g/mol. The first-order valence-corrected chi connectivity index (χ1v) is 12.7. The van der Waals surface area contributed by atoms with Gasteiger partial charge >= 0.3 is 5.97 Å². The normalized spacial score (nSPS) is 20.3. The Morgan fingerprint density at radius 1 is 1.39 bits per heavy atom. The van der Waals surface area contributed by atoms with Crippen molar-refractivity contribution in [2.24, 2.45) is 0 Å².